The Morgan fingerprint density at radius 3 is 2.20 bits per heavy atom. The molecule has 0 aromatic carbocycles. The van der Waals surface area contributed by atoms with Gasteiger partial charge in [0.25, 0.3) is 0 Å². The molecule has 0 fully saturated rings. The topological polar surface area (TPSA) is 60.2 Å². The van der Waals surface area contributed by atoms with Crippen molar-refractivity contribution in [1.29, 1.82) is 0 Å². The molecule has 0 aromatic heterocycles. The van der Waals surface area contributed by atoms with E-state index in [9.17, 15) is 14.9 Å². The molecule has 0 heterocycles. The maximum absolute atomic E-state index is 10.2. The summed E-state index contributed by atoms with van der Waals surface area (Å²) in [5.74, 6) is 0. The van der Waals surface area contributed by atoms with Gasteiger partial charge in [-0.1, -0.05) is 0 Å². The molecule has 0 radical (unpaired) electrons. The smallest absolute Gasteiger partial charge is 0.228 e. The summed E-state index contributed by atoms with van der Waals surface area (Å²) in [4.78, 5) is 19.9. The molecule has 0 rings (SSSR count). The molecule has 10 heavy (non-hydrogen) atoms. The van der Waals surface area contributed by atoms with Crippen molar-refractivity contribution in [3.8, 4) is 0 Å². The average molecular weight is 166 g/mol. The van der Waals surface area contributed by atoms with Gasteiger partial charge in [-0.15, -0.1) is 0 Å². The van der Waals surface area contributed by atoms with Crippen molar-refractivity contribution in [3.63, 3.8) is 0 Å². The van der Waals surface area contributed by atoms with Gasteiger partial charge >= 0.3 is 0 Å². The van der Waals surface area contributed by atoms with Crippen LogP contribution in [0.5, 0.6) is 0 Å². The first-order valence-electron chi connectivity index (χ1n) is 2.69. The fraction of sp³-hybridized carbons (Fsp3) is 0.800. The van der Waals surface area contributed by atoms with Crippen molar-refractivity contribution in [2.75, 3.05) is 0 Å². The molecule has 0 aliphatic carbocycles. The highest BCUT2D eigenvalue weighted by molar-refractivity contribution is 6.63. The Morgan fingerprint density at radius 1 is 1.70 bits per heavy atom. The van der Waals surface area contributed by atoms with E-state index in [1.54, 1.807) is 0 Å². The summed E-state index contributed by atoms with van der Waals surface area (Å²) in [7, 11) is 0. The Morgan fingerprint density at radius 2 is 2.10 bits per heavy atom. The molecule has 0 N–H and O–H groups in total. The molecule has 0 bridgehead atoms. The van der Waals surface area contributed by atoms with Gasteiger partial charge in [-0.25, -0.2) is 0 Å². The largest absolute Gasteiger partial charge is 0.281 e. The molecule has 0 saturated heterocycles. The minimum absolute atomic E-state index is 0.235. The normalized spacial score (nSPS) is 11.1. The number of rotatable bonds is 3. The third-order valence-corrected chi connectivity index (χ3v) is 1.20. The molecular weight excluding hydrogens is 158 g/mol. The van der Waals surface area contributed by atoms with Crippen LogP contribution in [0.25, 0.3) is 0 Å². The second-order valence-electron chi connectivity index (χ2n) is 2.60. The molecule has 0 atom stereocenters. The lowest BCUT2D eigenvalue weighted by molar-refractivity contribution is -0.558. The van der Waals surface area contributed by atoms with Crippen molar-refractivity contribution in [1.82, 2.24) is 0 Å². The summed E-state index contributed by atoms with van der Waals surface area (Å²) in [5.41, 5.74) is -1.24. The molecular formula is C5H8ClNO3. The zero-order valence-electron chi connectivity index (χ0n) is 5.76. The van der Waals surface area contributed by atoms with Gasteiger partial charge < -0.3 is 0 Å². The van der Waals surface area contributed by atoms with Crippen molar-refractivity contribution in [2.24, 2.45) is 0 Å². The first-order chi connectivity index (χ1) is 4.36. The molecule has 58 valence electrons. The van der Waals surface area contributed by atoms with Crippen molar-refractivity contribution in [2.45, 2.75) is 25.8 Å². The number of hydrogen-bond donors (Lipinski definition) is 0. The van der Waals surface area contributed by atoms with Gasteiger partial charge in [0.05, 0.1) is 6.42 Å². The quantitative estimate of drug-likeness (QED) is 0.359. The highest BCUT2D eigenvalue weighted by Crippen LogP contribution is 2.14. The van der Waals surface area contributed by atoms with Crippen LogP contribution in [0, 0.1) is 10.1 Å². The van der Waals surface area contributed by atoms with E-state index in [1.165, 1.54) is 13.8 Å². The van der Waals surface area contributed by atoms with E-state index in [-0.39, 0.29) is 6.42 Å². The van der Waals surface area contributed by atoms with Crippen LogP contribution in [0.3, 0.4) is 0 Å². The maximum Gasteiger partial charge on any atom is 0.228 e. The summed E-state index contributed by atoms with van der Waals surface area (Å²) in [6, 6.07) is 0. The number of hydrogen-bond acceptors (Lipinski definition) is 3. The number of nitro groups is 1. The van der Waals surface area contributed by atoms with Gasteiger partial charge in [-0.05, 0) is 11.6 Å². The second-order valence-corrected chi connectivity index (χ2v) is 3.02. The average Bonchev–Trinajstić information content (AvgIpc) is 1.60. The molecule has 0 aliphatic heterocycles. The second kappa shape index (κ2) is 2.96. The number of carbonyl (C=O) groups is 1. The lowest BCUT2D eigenvalue weighted by atomic mass is 10.0. The molecule has 5 heteroatoms. The minimum Gasteiger partial charge on any atom is -0.281 e. The van der Waals surface area contributed by atoms with Crippen LogP contribution in [0.1, 0.15) is 20.3 Å². The monoisotopic (exact) mass is 165 g/mol. The third kappa shape index (κ3) is 2.77. The van der Waals surface area contributed by atoms with E-state index >= 15 is 0 Å². The summed E-state index contributed by atoms with van der Waals surface area (Å²) >= 11 is 4.96. The lowest BCUT2D eigenvalue weighted by Crippen LogP contribution is -2.32. The Hall–Kier alpha value is -0.640. The van der Waals surface area contributed by atoms with Gasteiger partial charge in [-0.3, -0.25) is 14.9 Å². The lowest BCUT2D eigenvalue weighted by Gasteiger charge is -2.11. The van der Waals surface area contributed by atoms with Crippen molar-refractivity contribution < 1.29 is 9.72 Å². The van der Waals surface area contributed by atoms with E-state index in [1.807, 2.05) is 0 Å². The first-order valence-corrected chi connectivity index (χ1v) is 3.07. The zero-order chi connectivity index (χ0) is 8.36. The van der Waals surface area contributed by atoms with Crippen LogP contribution in [-0.4, -0.2) is 15.7 Å². The molecule has 0 spiro atoms. The Balaban J connectivity index is 4.13. The van der Waals surface area contributed by atoms with Crippen LogP contribution in [0.15, 0.2) is 0 Å². The molecule has 0 unspecified atom stereocenters. The molecule has 0 aliphatic rings. The minimum atomic E-state index is -1.24. The van der Waals surface area contributed by atoms with Crippen LogP contribution in [-0.2, 0) is 4.79 Å². The summed E-state index contributed by atoms with van der Waals surface area (Å²) in [5, 5.41) is 9.47. The van der Waals surface area contributed by atoms with Crippen LogP contribution in [0.4, 0.5) is 0 Å². The van der Waals surface area contributed by atoms with Gasteiger partial charge in [-0.2, -0.15) is 0 Å². The maximum atomic E-state index is 10.2. The predicted octanol–water partition coefficient (Wildman–Crippen LogP) is 1.20. The van der Waals surface area contributed by atoms with Crippen LogP contribution < -0.4 is 0 Å². The summed E-state index contributed by atoms with van der Waals surface area (Å²) in [6.45, 7) is 2.71. The Bertz CT molecular complexity index is 166. The molecule has 0 aromatic rings. The van der Waals surface area contributed by atoms with E-state index in [2.05, 4.69) is 0 Å². The van der Waals surface area contributed by atoms with E-state index in [0.717, 1.165) is 0 Å². The van der Waals surface area contributed by atoms with E-state index < -0.39 is 15.7 Å². The van der Waals surface area contributed by atoms with Gasteiger partial charge in [0.1, 0.15) is 0 Å². The van der Waals surface area contributed by atoms with Gasteiger partial charge in [0.2, 0.25) is 10.8 Å². The Kier molecular flexibility index (Phi) is 2.77. The number of halogens is 1. The highest BCUT2D eigenvalue weighted by Gasteiger charge is 2.32. The first kappa shape index (κ1) is 9.36. The standard InChI is InChI=1S/C5H8ClNO3/c1-5(2,7(9)10)3-4(6)8/h3H2,1-2H3. The fourth-order valence-corrected chi connectivity index (χ4v) is 0.732. The van der Waals surface area contributed by atoms with Crippen LogP contribution in [0.2, 0.25) is 0 Å². The van der Waals surface area contributed by atoms with Crippen molar-refractivity contribution >= 4 is 16.8 Å². The summed E-state index contributed by atoms with van der Waals surface area (Å²) < 4.78 is 0. The highest BCUT2D eigenvalue weighted by atomic mass is 35.5. The van der Waals surface area contributed by atoms with Crippen molar-refractivity contribution in [3.05, 3.63) is 10.1 Å². The summed E-state index contributed by atoms with van der Waals surface area (Å²) in [6.07, 6.45) is -0.235. The van der Waals surface area contributed by atoms with Gasteiger partial charge in [0, 0.05) is 18.8 Å². The van der Waals surface area contributed by atoms with E-state index in [0.29, 0.717) is 0 Å². The number of carbonyl (C=O) groups excluding carboxylic acids is 1. The van der Waals surface area contributed by atoms with E-state index in [4.69, 9.17) is 11.6 Å². The predicted molar refractivity (Wildman–Crippen MR) is 36.6 cm³/mol. The third-order valence-electron chi connectivity index (χ3n) is 1.07. The molecule has 4 nitrogen and oxygen atoms in total. The number of nitrogens with zero attached hydrogens (tertiary/aromatic N) is 1. The molecule has 0 saturated carbocycles. The fourth-order valence-electron chi connectivity index (χ4n) is 0.405. The Labute approximate surface area is 63.3 Å². The zero-order valence-corrected chi connectivity index (χ0v) is 6.51. The van der Waals surface area contributed by atoms with Crippen LogP contribution >= 0.6 is 11.6 Å². The SMILES string of the molecule is CC(C)(CC(=O)Cl)[N+](=O)[O-]. The molecule has 0 amide bonds. The van der Waals surface area contributed by atoms with Gasteiger partial charge in [0.15, 0.2) is 0 Å².